The quantitative estimate of drug-likeness (QED) is 0.724. The predicted octanol–water partition coefficient (Wildman–Crippen LogP) is 3.22. The highest BCUT2D eigenvalue weighted by molar-refractivity contribution is 6.01. The van der Waals surface area contributed by atoms with Crippen LogP contribution < -0.4 is 9.80 Å². The van der Waals surface area contributed by atoms with Crippen LogP contribution in [0.3, 0.4) is 0 Å². The first-order valence-corrected chi connectivity index (χ1v) is 12.0. The third-order valence-corrected chi connectivity index (χ3v) is 7.51. The van der Waals surface area contributed by atoms with Crippen LogP contribution in [0, 0.1) is 11.3 Å². The van der Waals surface area contributed by atoms with E-state index in [0.717, 1.165) is 63.4 Å². The van der Waals surface area contributed by atoms with Gasteiger partial charge in [0.05, 0.1) is 13.2 Å². The van der Waals surface area contributed by atoms with Crippen molar-refractivity contribution in [1.82, 2.24) is 5.01 Å². The summed E-state index contributed by atoms with van der Waals surface area (Å²) in [5.74, 6) is 0.355. The lowest BCUT2D eigenvalue weighted by Crippen LogP contribution is -2.42. The van der Waals surface area contributed by atoms with Gasteiger partial charge in [0.25, 0.3) is 0 Å². The average Bonchev–Trinajstić information content (AvgIpc) is 3.39. The van der Waals surface area contributed by atoms with E-state index in [1.165, 1.54) is 22.7 Å². The van der Waals surface area contributed by atoms with E-state index in [4.69, 9.17) is 9.84 Å². The van der Waals surface area contributed by atoms with Crippen LogP contribution >= 0.6 is 0 Å². The first-order chi connectivity index (χ1) is 15.4. The number of carbonyl (C=O) groups is 2. The van der Waals surface area contributed by atoms with Crippen LogP contribution in [0.1, 0.15) is 51.5 Å². The molecule has 0 N–H and O–H groups in total. The van der Waals surface area contributed by atoms with Crippen LogP contribution in [0.25, 0.3) is 0 Å². The predicted molar refractivity (Wildman–Crippen MR) is 125 cm³/mol. The standard InChI is InChI=1S/C25H34N4O3/c1-25(2)10-8-18(16-25)20-6-7-23(30)29(26-20)17-24(31)28-11-9-19-21(4-3-5-22(19)28)27-12-14-32-15-13-27/h3-5,18H,6-17H2,1-2H3. The van der Waals surface area contributed by atoms with Gasteiger partial charge in [0.1, 0.15) is 6.54 Å². The summed E-state index contributed by atoms with van der Waals surface area (Å²) in [5.41, 5.74) is 4.86. The number of hydrogen-bond acceptors (Lipinski definition) is 5. The van der Waals surface area contributed by atoms with Gasteiger partial charge in [-0.3, -0.25) is 9.59 Å². The molecule has 2 amide bonds. The molecule has 1 aromatic rings. The van der Waals surface area contributed by atoms with Crippen molar-refractivity contribution in [2.45, 2.75) is 52.4 Å². The van der Waals surface area contributed by atoms with Gasteiger partial charge in [0.15, 0.2) is 0 Å². The highest BCUT2D eigenvalue weighted by Crippen LogP contribution is 2.42. The largest absolute Gasteiger partial charge is 0.378 e. The first-order valence-electron chi connectivity index (χ1n) is 12.0. The number of benzene rings is 1. The van der Waals surface area contributed by atoms with Crippen molar-refractivity contribution in [3.8, 4) is 0 Å². The van der Waals surface area contributed by atoms with Gasteiger partial charge in [-0.15, -0.1) is 0 Å². The van der Waals surface area contributed by atoms with Gasteiger partial charge in [-0.25, -0.2) is 5.01 Å². The summed E-state index contributed by atoms with van der Waals surface area (Å²) >= 11 is 0. The zero-order chi connectivity index (χ0) is 22.3. The normalized spacial score (nSPS) is 25.2. The molecule has 4 aliphatic rings. The molecule has 7 nitrogen and oxygen atoms in total. The fourth-order valence-electron chi connectivity index (χ4n) is 5.74. The fraction of sp³-hybridized carbons (Fsp3) is 0.640. The Kier molecular flexibility index (Phi) is 5.70. The highest BCUT2D eigenvalue weighted by Gasteiger charge is 2.37. The van der Waals surface area contributed by atoms with Crippen molar-refractivity contribution < 1.29 is 14.3 Å². The summed E-state index contributed by atoms with van der Waals surface area (Å²) in [7, 11) is 0. The van der Waals surface area contributed by atoms with Gasteiger partial charge in [0.2, 0.25) is 11.8 Å². The van der Waals surface area contributed by atoms with Crippen LogP contribution in [-0.4, -0.2) is 61.9 Å². The molecular formula is C25H34N4O3. The van der Waals surface area contributed by atoms with E-state index < -0.39 is 0 Å². The number of carbonyl (C=O) groups excluding carboxylic acids is 2. The van der Waals surface area contributed by atoms with Crippen LogP contribution in [0.5, 0.6) is 0 Å². The Hall–Kier alpha value is -2.41. The Labute approximate surface area is 190 Å². The summed E-state index contributed by atoms with van der Waals surface area (Å²) in [6, 6.07) is 6.20. The molecule has 3 heterocycles. The number of morpholine rings is 1. The monoisotopic (exact) mass is 438 g/mol. The lowest BCUT2D eigenvalue weighted by Gasteiger charge is -2.31. The van der Waals surface area contributed by atoms with Crippen molar-refractivity contribution in [2.24, 2.45) is 16.4 Å². The molecule has 1 atom stereocenters. The minimum Gasteiger partial charge on any atom is -0.378 e. The van der Waals surface area contributed by atoms with Crippen LogP contribution in [0.15, 0.2) is 23.3 Å². The first kappa shape index (κ1) is 21.4. The highest BCUT2D eigenvalue weighted by atomic mass is 16.5. The molecule has 0 bridgehead atoms. The second-order valence-electron chi connectivity index (χ2n) is 10.3. The molecular weight excluding hydrogens is 404 g/mol. The molecule has 7 heteroatoms. The number of amides is 2. The number of anilines is 2. The lowest BCUT2D eigenvalue weighted by molar-refractivity contribution is -0.135. The Morgan fingerprint density at radius 2 is 1.91 bits per heavy atom. The van der Waals surface area contributed by atoms with E-state index >= 15 is 0 Å². The molecule has 2 fully saturated rings. The molecule has 1 aliphatic carbocycles. The van der Waals surface area contributed by atoms with Crippen molar-refractivity contribution in [3.63, 3.8) is 0 Å². The molecule has 0 aromatic heterocycles. The Morgan fingerprint density at radius 1 is 1.12 bits per heavy atom. The average molecular weight is 439 g/mol. The van der Waals surface area contributed by atoms with Crippen molar-refractivity contribution in [2.75, 3.05) is 49.2 Å². The van der Waals surface area contributed by atoms with Crippen LogP contribution in [0.4, 0.5) is 11.4 Å². The van der Waals surface area contributed by atoms with Crippen molar-refractivity contribution in [1.29, 1.82) is 0 Å². The molecule has 32 heavy (non-hydrogen) atoms. The molecule has 1 saturated carbocycles. The zero-order valence-electron chi connectivity index (χ0n) is 19.3. The second-order valence-corrected chi connectivity index (χ2v) is 10.3. The second kappa shape index (κ2) is 8.50. The molecule has 1 saturated heterocycles. The molecule has 0 spiro atoms. The molecule has 0 radical (unpaired) electrons. The van der Waals surface area contributed by atoms with Crippen molar-refractivity contribution >= 4 is 28.9 Å². The van der Waals surface area contributed by atoms with Gasteiger partial charge in [-0.2, -0.15) is 5.10 Å². The number of hydrazone groups is 1. The molecule has 172 valence electrons. The number of fused-ring (bicyclic) bond motifs is 1. The fourth-order valence-corrected chi connectivity index (χ4v) is 5.74. The third kappa shape index (κ3) is 4.15. The van der Waals surface area contributed by atoms with E-state index in [2.05, 4.69) is 24.8 Å². The smallest absolute Gasteiger partial charge is 0.248 e. The van der Waals surface area contributed by atoms with E-state index in [-0.39, 0.29) is 18.4 Å². The Morgan fingerprint density at radius 3 is 2.66 bits per heavy atom. The van der Waals surface area contributed by atoms with Gasteiger partial charge >= 0.3 is 0 Å². The lowest BCUT2D eigenvalue weighted by atomic mass is 9.88. The molecule has 1 aromatic carbocycles. The van der Waals surface area contributed by atoms with E-state index in [1.807, 2.05) is 17.0 Å². The van der Waals surface area contributed by atoms with Crippen LogP contribution in [0.2, 0.25) is 0 Å². The number of hydrogen-bond donors (Lipinski definition) is 0. The van der Waals surface area contributed by atoms with Gasteiger partial charge < -0.3 is 14.5 Å². The number of rotatable bonds is 4. The maximum atomic E-state index is 13.3. The molecule has 3 aliphatic heterocycles. The molecule has 5 rings (SSSR count). The maximum absolute atomic E-state index is 13.3. The van der Waals surface area contributed by atoms with E-state index in [1.54, 1.807) is 0 Å². The zero-order valence-corrected chi connectivity index (χ0v) is 19.3. The minimum absolute atomic E-state index is 0.0274. The van der Waals surface area contributed by atoms with Crippen LogP contribution in [-0.2, 0) is 20.7 Å². The summed E-state index contributed by atoms with van der Waals surface area (Å²) in [6.07, 6.45) is 5.48. The summed E-state index contributed by atoms with van der Waals surface area (Å²) in [4.78, 5) is 30.0. The van der Waals surface area contributed by atoms with E-state index in [0.29, 0.717) is 24.3 Å². The third-order valence-electron chi connectivity index (χ3n) is 7.51. The van der Waals surface area contributed by atoms with Gasteiger partial charge in [-0.05, 0) is 55.6 Å². The Balaban J connectivity index is 1.31. The summed E-state index contributed by atoms with van der Waals surface area (Å²) < 4.78 is 5.50. The summed E-state index contributed by atoms with van der Waals surface area (Å²) in [6.45, 7) is 8.52. The number of ether oxygens (including phenoxy) is 1. The minimum atomic E-state index is -0.0482. The van der Waals surface area contributed by atoms with Gasteiger partial charge in [-0.1, -0.05) is 19.9 Å². The topological polar surface area (TPSA) is 65.5 Å². The maximum Gasteiger partial charge on any atom is 0.248 e. The number of nitrogens with zero attached hydrogens (tertiary/aromatic N) is 4. The SMILES string of the molecule is CC1(C)CCC(C2=NN(CC(=O)N3CCc4c(N5CCOCC5)cccc43)C(=O)CC2)C1. The van der Waals surface area contributed by atoms with E-state index in [9.17, 15) is 9.59 Å². The molecule has 1 unspecified atom stereocenters. The van der Waals surface area contributed by atoms with Crippen molar-refractivity contribution in [3.05, 3.63) is 23.8 Å². The van der Waals surface area contributed by atoms with Gasteiger partial charge in [0, 0.05) is 48.7 Å². The Bertz CT molecular complexity index is 935. The summed E-state index contributed by atoms with van der Waals surface area (Å²) in [5, 5.41) is 6.14.